The first-order valence-corrected chi connectivity index (χ1v) is 4.65. The second-order valence-electron chi connectivity index (χ2n) is 3.22. The predicted octanol–water partition coefficient (Wildman–Crippen LogP) is 1.52. The van der Waals surface area contributed by atoms with Crippen LogP contribution in [0, 0.1) is 0 Å². The van der Waals surface area contributed by atoms with E-state index in [4.69, 9.17) is 0 Å². The van der Waals surface area contributed by atoms with Crippen LogP contribution in [0.2, 0.25) is 0 Å². The Bertz CT molecular complexity index is 174. The topological polar surface area (TPSA) is 29.5 Å². The minimum absolute atomic E-state index is 0.0736. The van der Waals surface area contributed by atoms with Gasteiger partial charge in [-0.15, -0.1) is 0 Å². The zero-order valence-electron chi connectivity index (χ0n) is 8.80. The number of carbonyl (C=O) groups excluding carboxylic acids is 1. The molecule has 84 valence electrons. The molecule has 0 rings (SSSR count). The van der Waals surface area contributed by atoms with Crippen molar-refractivity contribution >= 4 is 5.97 Å². The van der Waals surface area contributed by atoms with Gasteiger partial charge < -0.3 is 4.74 Å². The number of halogens is 2. The van der Waals surface area contributed by atoms with Crippen LogP contribution in [0.25, 0.3) is 0 Å². The maximum absolute atomic E-state index is 12.1. The van der Waals surface area contributed by atoms with Gasteiger partial charge in [-0.1, -0.05) is 0 Å². The van der Waals surface area contributed by atoms with Gasteiger partial charge in [0.15, 0.2) is 0 Å². The molecule has 0 spiro atoms. The maximum Gasteiger partial charge on any atom is 0.320 e. The molecule has 0 amide bonds. The Hall–Kier alpha value is -0.710. The van der Waals surface area contributed by atoms with E-state index < -0.39 is 18.9 Å². The van der Waals surface area contributed by atoms with Crippen molar-refractivity contribution in [1.82, 2.24) is 4.90 Å². The van der Waals surface area contributed by atoms with Crippen molar-refractivity contribution in [3.05, 3.63) is 0 Å². The van der Waals surface area contributed by atoms with E-state index in [1.165, 1.54) is 4.90 Å². The fourth-order valence-electron chi connectivity index (χ4n) is 1.01. The zero-order valence-corrected chi connectivity index (χ0v) is 8.80. The van der Waals surface area contributed by atoms with Gasteiger partial charge in [-0.3, -0.25) is 9.69 Å². The average Bonchev–Trinajstić information content (AvgIpc) is 2.02. The molecule has 0 saturated heterocycles. The highest BCUT2D eigenvalue weighted by atomic mass is 19.3. The Labute approximate surface area is 83.0 Å². The maximum atomic E-state index is 12.1. The normalized spacial score (nSPS) is 11.4. The summed E-state index contributed by atoms with van der Waals surface area (Å²) in [5.74, 6) is -0.457. The molecular formula is C9H17F2NO2. The Balaban J connectivity index is 4.02. The Morgan fingerprint density at radius 2 is 2.00 bits per heavy atom. The van der Waals surface area contributed by atoms with Crippen LogP contribution in [0.3, 0.4) is 0 Å². The number of hydrogen-bond donors (Lipinski definition) is 0. The van der Waals surface area contributed by atoms with Crippen molar-refractivity contribution < 1.29 is 18.3 Å². The fourth-order valence-corrected chi connectivity index (χ4v) is 1.01. The smallest absolute Gasteiger partial charge is 0.320 e. The lowest BCUT2D eigenvalue weighted by atomic mass is 10.3. The van der Waals surface area contributed by atoms with Crippen molar-refractivity contribution in [2.45, 2.75) is 33.2 Å². The second-order valence-corrected chi connectivity index (χ2v) is 3.22. The Morgan fingerprint density at radius 3 is 2.36 bits per heavy atom. The summed E-state index contributed by atoms with van der Waals surface area (Å²) in [6, 6.07) is -0.0894. The molecule has 0 aromatic carbocycles. The van der Waals surface area contributed by atoms with Gasteiger partial charge in [0.1, 0.15) is 0 Å². The van der Waals surface area contributed by atoms with Crippen LogP contribution in [0.4, 0.5) is 8.78 Å². The molecule has 0 N–H and O–H groups in total. The minimum atomic E-state index is -2.42. The van der Waals surface area contributed by atoms with Crippen LogP contribution >= 0.6 is 0 Å². The molecule has 0 aromatic heterocycles. The predicted molar refractivity (Wildman–Crippen MR) is 49.3 cm³/mol. The van der Waals surface area contributed by atoms with Gasteiger partial charge in [0, 0.05) is 6.04 Å². The SMILES string of the molecule is CCOC(=O)CN(CC(F)F)C(C)C. The summed E-state index contributed by atoms with van der Waals surface area (Å²) >= 11 is 0. The molecule has 0 aromatic rings. The second kappa shape index (κ2) is 6.70. The van der Waals surface area contributed by atoms with Gasteiger partial charge in [-0.2, -0.15) is 0 Å². The zero-order chi connectivity index (χ0) is 11.1. The third-order valence-electron chi connectivity index (χ3n) is 1.74. The summed E-state index contributed by atoms with van der Waals surface area (Å²) in [6.45, 7) is 5.03. The van der Waals surface area contributed by atoms with Gasteiger partial charge in [0.25, 0.3) is 6.43 Å². The molecule has 0 saturated carbocycles. The summed E-state index contributed by atoms with van der Waals surface area (Å²) in [6.07, 6.45) is -2.42. The summed E-state index contributed by atoms with van der Waals surface area (Å²) in [7, 11) is 0. The van der Waals surface area contributed by atoms with Crippen molar-refractivity contribution in [3.63, 3.8) is 0 Å². The van der Waals surface area contributed by atoms with Crippen molar-refractivity contribution in [1.29, 1.82) is 0 Å². The molecule has 3 nitrogen and oxygen atoms in total. The number of rotatable bonds is 6. The van der Waals surface area contributed by atoms with E-state index in [1.54, 1.807) is 20.8 Å². The van der Waals surface area contributed by atoms with Gasteiger partial charge in [-0.05, 0) is 20.8 Å². The molecule has 14 heavy (non-hydrogen) atoms. The average molecular weight is 209 g/mol. The van der Waals surface area contributed by atoms with Crippen molar-refractivity contribution in [3.8, 4) is 0 Å². The van der Waals surface area contributed by atoms with E-state index in [0.29, 0.717) is 0 Å². The highest BCUT2D eigenvalue weighted by molar-refractivity contribution is 5.71. The quantitative estimate of drug-likeness (QED) is 0.621. The van der Waals surface area contributed by atoms with Crippen molar-refractivity contribution in [2.24, 2.45) is 0 Å². The third-order valence-corrected chi connectivity index (χ3v) is 1.74. The van der Waals surface area contributed by atoms with Gasteiger partial charge in [0.2, 0.25) is 0 Å². The highest BCUT2D eigenvalue weighted by Crippen LogP contribution is 2.03. The van der Waals surface area contributed by atoms with Gasteiger partial charge >= 0.3 is 5.97 Å². The Morgan fingerprint density at radius 1 is 1.43 bits per heavy atom. The minimum Gasteiger partial charge on any atom is -0.465 e. The molecule has 0 aliphatic rings. The first kappa shape index (κ1) is 13.3. The molecule has 0 aliphatic carbocycles. The summed E-state index contributed by atoms with van der Waals surface area (Å²) in [4.78, 5) is 12.4. The van der Waals surface area contributed by atoms with E-state index in [-0.39, 0.29) is 19.2 Å². The number of ether oxygens (including phenoxy) is 1. The molecule has 0 unspecified atom stereocenters. The number of esters is 1. The van der Waals surface area contributed by atoms with E-state index >= 15 is 0 Å². The standard InChI is InChI=1S/C9H17F2NO2/c1-4-14-9(13)6-12(7(2)3)5-8(10)11/h7-8H,4-6H2,1-3H3. The molecule has 0 radical (unpaired) electrons. The van der Waals surface area contributed by atoms with Crippen LogP contribution in [-0.4, -0.2) is 43.0 Å². The molecule has 0 atom stereocenters. The van der Waals surface area contributed by atoms with Gasteiger partial charge in [0.05, 0.1) is 19.7 Å². The molecule has 0 bridgehead atoms. The summed E-state index contributed by atoms with van der Waals surface area (Å²) in [5.41, 5.74) is 0. The summed E-state index contributed by atoms with van der Waals surface area (Å²) < 4.78 is 28.9. The summed E-state index contributed by atoms with van der Waals surface area (Å²) in [5, 5.41) is 0. The first-order valence-electron chi connectivity index (χ1n) is 4.65. The molecule has 0 fully saturated rings. The van der Waals surface area contributed by atoms with E-state index in [2.05, 4.69) is 4.74 Å². The molecule has 0 heterocycles. The number of hydrogen-bond acceptors (Lipinski definition) is 3. The van der Waals surface area contributed by atoms with Crippen LogP contribution in [0.1, 0.15) is 20.8 Å². The van der Waals surface area contributed by atoms with E-state index in [1.807, 2.05) is 0 Å². The molecule has 5 heteroatoms. The monoisotopic (exact) mass is 209 g/mol. The largest absolute Gasteiger partial charge is 0.465 e. The number of alkyl halides is 2. The number of carbonyl (C=O) groups is 1. The van der Waals surface area contributed by atoms with E-state index in [9.17, 15) is 13.6 Å². The van der Waals surface area contributed by atoms with Crippen LogP contribution in [0.15, 0.2) is 0 Å². The van der Waals surface area contributed by atoms with E-state index in [0.717, 1.165) is 0 Å². The molecule has 0 aliphatic heterocycles. The lowest BCUT2D eigenvalue weighted by Crippen LogP contribution is -2.39. The lowest BCUT2D eigenvalue weighted by molar-refractivity contribution is -0.145. The molecular weight excluding hydrogens is 192 g/mol. The lowest BCUT2D eigenvalue weighted by Gasteiger charge is -2.24. The van der Waals surface area contributed by atoms with Crippen LogP contribution < -0.4 is 0 Å². The number of nitrogens with zero attached hydrogens (tertiary/aromatic N) is 1. The van der Waals surface area contributed by atoms with Crippen LogP contribution in [-0.2, 0) is 9.53 Å². The third kappa shape index (κ3) is 5.85. The fraction of sp³-hybridized carbons (Fsp3) is 0.889. The van der Waals surface area contributed by atoms with Crippen molar-refractivity contribution in [2.75, 3.05) is 19.7 Å². The Kier molecular flexibility index (Phi) is 6.36. The first-order chi connectivity index (χ1) is 6.47. The van der Waals surface area contributed by atoms with Crippen LogP contribution in [0.5, 0.6) is 0 Å². The highest BCUT2D eigenvalue weighted by Gasteiger charge is 2.18. The van der Waals surface area contributed by atoms with Gasteiger partial charge in [-0.25, -0.2) is 8.78 Å².